The summed E-state index contributed by atoms with van der Waals surface area (Å²) < 4.78 is 5.78. The summed E-state index contributed by atoms with van der Waals surface area (Å²) in [5.41, 5.74) is 9.13. The minimum Gasteiger partial charge on any atom is -0.481 e. The van der Waals surface area contributed by atoms with Crippen LogP contribution in [0.3, 0.4) is 0 Å². The molecule has 0 saturated heterocycles. The molecule has 7 heteroatoms. The number of halogens is 1. The fourth-order valence-corrected chi connectivity index (χ4v) is 3.27. The summed E-state index contributed by atoms with van der Waals surface area (Å²) in [4.78, 5) is 25.3. The van der Waals surface area contributed by atoms with Gasteiger partial charge >= 0.3 is 6.03 Å². The molecule has 2 aromatic carbocycles. The maximum Gasteiger partial charge on any atom is 0.315 e. The Bertz CT molecular complexity index is 941. The number of nitrogens with zero attached hydrogens (tertiary/aromatic N) is 1. The number of nitrogens with two attached hydrogens (primary N) is 1. The molecule has 0 bridgehead atoms. The average Bonchev–Trinajstić information content (AvgIpc) is 2.71. The quantitative estimate of drug-likeness (QED) is 0.769. The monoisotopic (exact) mass is 413 g/mol. The Morgan fingerprint density at radius 1 is 1.21 bits per heavy atom. The van der Waals surface area contributed by atoms with Crippen LogP contribution in [0.5, 0.6) is 5.75 Å². The van der Waals surface area contributed by atoms with Gasteiger partial charge < -0.3 is 20.7 Å². The van der Waals surface area contributed by atoms with Crippen LogP contribution in [-0.4, -0.2) is 36.0 Å². The highest BCUT2D eigenvalue weighted by molar-refractivity contribution is 6.31. The number of hydrogen-bond acceptors (Lipinski definition) is 3. The van der Waals surface area contributed by atoms with Gasteiger partial charge in [0.2, 0.25) is 0 Å². The molecule has 0 aromatic heterocycles. The fraction of sp³-hybridized carbons (Fsp3) is 0.273. The van der Waals surface area contributed by atoms with Crippen LogP contribution in [0.25, 0.3) is 5.57 Å². The molecule has 3 rings (SSSR count). The second-order valence-corrected chi connectivity index (χ2v) is 7.43. The molecular weight excluding hydrogens is 390 g/mol. The molecule has 29 heavy (non-hydrogen) atoms. The van der Waals surface area contributed by atoms with E-state index in [1.807, 2.05) is 43.3 Å². The first-order valence-electron chi connectivity index (χ1n) is 9.41. The van der Waals surface area contributed by atoms with Crippen molar-refractivity contribution in [3.05, 3.63) is 64.7 Å². The first-order chi connectivity index (χ1) is 13.8. The lowest BCUT2D eigenvalue weighted by atomic mass is 9.99. The number of carbonyl (C=O) groups is 2. The van der Waals surface area contributed by atoms with Gasteiger partial charge in [0, 0.05) is 23.8 Å². The highest BCUT2D eigenvalue weighted by atomic mass is 35.5. The molecule has 3 N–H and O–H groups in total. The van der Waals surface area contributed by atoms with E-state index >= 15 is 0 Å². The van der Waals surface area contributed by atoms with Crippen LogP contribution in [0.2, 0.25) is 5.02 Å². The van der Waals surface area contributed by atoms with E-state index in [9.17, 15) is 9.59 Å². The minimum atomic E-state index is -0.669. The second-order valence-electron chi connectivity index (χ2n) is 7.00. The number of hydrogen-bond donors (Lipinski definition) is 2. The third-order valence-corrected chi connectivity index (χ3v) is 5.12. The molecule has 6 nitrogen and oxygen atoms in total. The second kappa shape index (κ2) is 9.01. The van der Waals surface area contributed by atoms with Gasteiger partial charge in [0.05, 0.1) is 0 Å². The molecule has 1 unspecified atom stereocenters. The number of carbonyl (C=O) groups excluding carboxylic acids is 2. The average molecular weight is 414 g/mol. The van der Waals surface area contributed by atoms with Crippen molar-refractivity contribution < 1.29 is 14.3 Å². The molecule has 3 amide bonds. The zero-order chi connectivity index (χ0) is 21.0. The van der Waals surface area contributed by atoms with Gasteiger partial charge in [-0.3, -0.25) is 4.79 Å². The van der Waals surface area contributed by atoms with Crippen molar-refractivity contribution in [1.29, 1.82) is 0 Å². The molecule has 0 fully saturated rings. The Labute approximate surface area is 175 Å². The summed E-state index contributed by atoms with van der Waals surface area (Å²) in [5.74, 6) is 0.357. The van der Waals surface area contributed by atoms with E-state index in [0.717, 1.165) is 23.1 Å². The van der Waals surface area contributed by atoms with Crippen LogP contribution in [0.4, 0.5) is 10.5 Å². The van der Waals surface area contributed by atoms with E-state index in [1.165, 1.54) is 0 Å². The summed E-state index contributed by atoms with van der Waals surface area (Å²) in [7, 11) is 0. The van der Waals surface area contributed by atoms with E-state index in [-0.39, 0.29) is 5.91 Å². The molecule has 0 aliphatic carbocycles. The van der Waals surface area contributed by atoms with Crippen molar-refractivity contribution >= 4 is 34.8 Å². The number of aryl methyl sites for hydroxylation is 1. The van der Waals surface area contributed by atoms with E-state index in [2.05, 4.69) is 5.32 Å². The fourth-order valence-electron chi connectivity index (χ4n) is 3.10. The third-order valence-electron chi connectivity index (χ3n) is 4.89. The minimum absolute atomic E-state index is 0.249. The zero-order valence-corrected chi connectivity index (χ0v) is 17.2. The number of benzene rings is 2. The maximum absolute atomic E-state index is 12.4. The SMILES string of the molecule is Cc1ccc(Cl)cc1NC(=O)C(C)Oc1ccc(C2=CCN(C(N)=O)CC2)cc1. The van der Waals surface area contributed by atoms with Crippen molar-refractivity contribution in [1.82, 2.24) is 4.90 Å². The van der Waals surface area contributed by atoms with Crippen LogP contribution >= 0.6 is 11.6 Å². The predicted octanol–water partition coefficient (Wildman–Crippen LogP) is 4.22. The van der Waals surface area contributed by atoms with Gasteiger partial charge in [-0.2, -0.15) is 0 Å². The smallest absolute Gasteiger partial charge is 0.315 e. The number of anilines is 1. The van der Waals surface area contributed by atoms with E-state index in [1.54, 1.807) is 24.0 Å². The Morgan fingerprint density at radius 3 is 2.55 bits per heavy atom. The topological polar surface area (TPSA) is 84.7 Å². The molecule has 2 aromatic rings. The Morgan fingerprint density at radius 2 is 1.93 bits per heavy atom. The maximum atomic E-state index is 12.4. The van der Waals surface area contributed by atoms with Crippen LogP contribution in [0, 0.1) is 6.92 Å². The molecule has 0 spiro atoms. The Balaban J connectivity index is 1.60. The lowest BCUT2D eigenvalue weighted by molar-refractivity contribution is -0.122. The molecular formula is C22H24ClN3O3. The Hall–Kier alpha value is -2.99. The summed E-state index contributed by atoms with van der Waals surface area (Å²) in [6.07, 6.45) is 2.09. The van der Waals surface area contributed by atoms with Crippen LogP contribution < -0.4 is 15.8 Å². The number of nitrogens with one attached hydrogen (secondary N) is 1. The van der Waals surface area contributed by atoms with Gasteiger partial charge in [-0.15, -0.1) is 0 Å². The van der Waals surface area contributed by atoms with Gasteiger partial charge in [-0.25, -0.2) is 4.79 Å². The third kappa shape index (κ3) is 5.29. The number of urea groups is 1. The first kappa shape index (κ1) is 20.7. The molecule has 1 atom stereocenters. The van der Waals surface area contributed by atoms with Crippen LogP contribution in [0.15, 0.2) is 48.5 Å². The van der Waals surface area contributed by atoms with Gasteiger partial charge in [-0.05, 0) is 61.2 Å². The molecule has 0 radical (unpaired) electrons. The number of primary amides is 1. The summed E-state index contributed by atoms with van der Waals surface area (Å²) in [5, 5.41) is 3.41. The predicted molar refractivity (Wildman–Crippen MR) is 115 cm³/mol. The van der Waals surface area contributed by atoms with Crippen molar-refractivity contribution in [2.75, 3.05) is 18.4 Å². The summed E-state index contributed by atoms with van der Waals surface area (Å²) in [6.45, 7) is 4.73. The first-order valence-corrected chi connectivity index (χ1v) is 9.79. The van der Waals surface area contributed by atoms with Gasteiger partial charge in [0.1, 0.15) is 5.75 Å². The highest BCUT2D eigenvalue weighted by Crippen LogP contribution is 2.25. The number of amides is 3. The summed E-state index contributed by atoms with van der Waals surface area (Å²) in [6, 6.07) is 12.5. The largest absolute Gasteiger partial charge is 0.481 e. The number of rotatable bonds is 5. The standard InChI is InChI=1S/C22H24ClN3O3/c1-14-3-6-18(23)13-20(14)25-21(27)15(2)29-19-7-4-16(5-8-19)17-9-11-26(12-10-17)22(24)28/h3-9,13,15H,10-12H2,1-2H3,(H2,24,28)(H,25,27). The molecule has 1 aliphatic rings. The lowest BCUT2D eigenvalue weighted by Gasteiger charge is -2.25. The summed E-state index contributed by atoms with van der Waals surface area (Å²) >= 11 is 6.00. The molecule has 0 saturated carbocycles. The zero-order valence-electron chi connectivity index (χ0n) is 16.4. The normalized spacial score (nSPS) is 14.7. The van der Waals surface area contributed by atoms with E-state index in [0.29, 0.717) is 29.5 Å². The molecule has 1 heterocycles. The van der Waals surface area contributed by atoms with Gasteiger partial charge in [-0.1, -0.05) is 35.9 Å². The van der Waals surface area contributed by atoms with Gasteiger partial charge in [0.15, 0.2) is 6.10 Å². The highest BCUT2D eigenvalue weighted by Gasteiger charge is 2.17. The lowest BCUT2D eigenvalue weighted by Crippen LogP contribution is -2.38. The molecule has 1 aliphatic heterocycles. The van der Waals surface area contributed by atoms with Crippen LogP contribution in [-0.2, 0) is 4.79 Å². The molecule has 152 valence electrons. The van der Waals surface area contributed by atoms with Crippen molar-refractivity contribution in [3.8, 4) is 5.75 Å². The van der Waals surface area contributed by atoms with Crippen LogP contribution in [0.1, 0.15) is 24.5 Å². The van der Waals surface area contributed by atoms with Crippen molar-refractivity contribution in [2.45, 2.75) is 26.4 Å². The van der Waals surface area contributed by atoms with Crippen molar-refractivity contribution in [2.24, 2.45) is 5.73 Å². The van der Waals surface area contributed by atoms with E-state index in [4.69, 9.17) is 22.1 Å². The van der Waals surface area contributed by atoms with Crippen molar-refractivity contribution in [3.63, 3.8) is 0 Å². The van der Waals surface area contributed by atoms with Gasteiger partial charge in [0.25, 0.3) is 5.91 Å². The Kier molecular flexibility index (Phi) is 6.44. The van der Waals surface area contributed by atoms with E-state index < -0.39 is 12.1 Å². The number of ether oxygens (including phenoxy) is 1.